The summed E-state index contributed by atoms with van der Waals surface area (Å²) >= 11 is 0. The van der Waals surface area contributed by atoms with Crippen LogP contribution in [0.2, 0.25) is 0 Å². The lowest BCUT2D eigenvalue weighted by Crippen LogP contribution is -2.47. The molecule has 1 aliphatic heterocycles. The molecule has 1 heterocycles. The molecule has 1 aliphatic carbocycles. The lowest BCUT2D eigenvalue weighted by molar-refractivity contribution is -0.131. The molecule has 104 valence electrons. The van der Waals surface area contributed by atoms with Gasteiger partial charge in [-0.3, -0.25) is 10.1 Å². The summed E-state index contributed by atoms with van der Waals surface area (Å²) in [6.07, 6.45) is 8.03. The van der Waals surface area contributed by atoms with Gasteiger partial charge in [0.25, 0.3) is 0 Å². The van der Waals surface area contributed by atoms with E-state index in [1.807, 2.05) is 0 Å². The molecule has 2 atom stereocenters. The van der Waals surface area contributed by atoms with Gasteiger partial charge >= 0.3 is 0 Å². The van der Waals surface area contributed by atoms with Crippen molar-refractivity contribution < 1.29 is 4.79 Å². The molecule has 2 rings (SSSR count). The summed E-state index contributed by atoms with van der Waals surface area (Å²) in [4.78, 5) is 14.3. The standard InChI is InChI=1S/C15H28N2O/c1-11(2)9-14-16-10-15(18)17(14)12(3)13-7-5-4-6-8-13/h11-14,16H,4-10H2,1-3H3. The van der Waals surface area contributed by atoms with Gasteiger partial charge in [0.05, 0.1) is 12.7 Å². The minimum atomic E-state index is 0.273. The maximum Gasteiger partial charge on any atom is 0.238 e. The first-order valence-corrected chi connectivity index (χ1v) is 7.64. The van der Waals surface area contributed by atoms with Gasteiger partial charge in [-0.05, 0) is 38.0 Å². The van der Waals surface area contributed by atoms with Crippen LogP contribution in [0.4, 0.5) is 0 Å². The first-order chi connectivity index (χ1) is 8.59. The zero-order valence-electron chi connectivity index (χ0n) is 12.1. The smallest absolute Gasteiger partial charge is 0.238 e. The minimum absolute atomic E-state index is 0.273. The maximum atomic E-state index is 12.1. The summed E-state index contributed by atoms with van der Waals surface area (Å²) in [6, 6.07) is 0.413. The quantitative estimate of drug-likeness (QED) is 0.834. The van der Waals surface area contributed by atoms with Crippen molar-refractivity contribution in [3.05, 3.63) is 0 Å². The van der Waals surface area contributed by atoms with Crippen molar-refractivity contribution in [3.8, 4) is 0 Å². The van der Waals surface area contributed by atoms with E-state index in [1.54, 1.807) is 0 Å². The van der Waals surface area contributed by atoms with Crippen molar-refractivity contribution >= 4 is 5.91 Å². The Labute approximate surface area is 111 Å². The highest BCUT2D eigenvalue weighted by molar-refractivity contribution is 5.81. The van der Waals surface area contributed by atoms with E-state index >= 15 is 0 Å². The fourth-order valence-corrected chi connectivity index (χ4v) is 3.57. The van der Waals surface area contributed by atoms with E-state index in [9.17, 15) is 4.79 Å². The van der Waals surface area contributed by atoms with E-state index in [2.05, 4.69) is 31.0 Å². The predicted octanol–water partition coefficient (Wildman–Crippen LogP) is 2.76. The number of nitrogens with zero attached hydrogens (tertiary/aromatic N) is 1. The first kappa shape index (κ1) is 13.9. The van der Waals surface area contributed by atoms with Crippen LogP contribution < -0.4 is 5.32 Å². The van der Waals surface area contributed by atoms with E-state index in [1.165, 1.54) is 32.1 Å². The third-order valence-corrected chi connectivity index (χ3v) is 4.58. The molecule has 2 unspecified atom stereocenters. The molecule has 1 saturated heterocycles. The van der Waals surface area contributed by atoms with Gasteiger partial charge in [-0.25, -0.2) is 0 Å². The molecule has 2 fully saturated rings. The second kappa shape index (κ2) is 6.05. The summed E-state index contributed by atoms with van der Waals surface area (Å²) in [5.74, 6) is 1.66. The number of amides is 1. The fourth-order valence-electron chi connectivity index (χ4n) is 3.57. The van der Waals surface area contributed by atoms with Crippen molar-refractivity contribution in [2.24, 2.45) is 11.8 Å². The number of rotatable bonds is 4. The third kappa shape index (κ3) is 3.05. The first-order valence-electron chi connectivity index (χ1n) is 7.64. The monoisotopic (exact) mass is 252 g/mol. The number of hydrogen-bond acceptors (Lipinski definition) is 2. The summed E-state index contributed by atoms with van der Waals surface area (Å²) in [7, 11) is 0. The van der Waals surface area contributed by atoms with Crippen LogP contribution in [-0.2, 0) is 4.79 Å². The van der Waals surface area contributed by atoms with Crippen molar-refractivity contribution in [3.63, 3.8) is 0 Å². The summed E-state index contributed by atoms with van der Waals surface area (Å²) < 4.78 is 0. The van der Waals surface area contributed by atoms with E-state index < -0.39 is 0 Å². The molecule has 1 N–H and O–H groups in total. The lowest BCUT2D eigenvalue weighted by Gasteiger charge is -2.38. The fraction of sp³-hybridized carbons (Fsp3) is 0.933. The molecular formula is C15H28N2O. The van der Waals surface area contributed by atoms with Gasteiger partial charge in [0.1, 0.15) is 0 Å². The van der Waals surface area contributed by atoms with E-state index in [4.69, 9.17) is 0 Å². The Bertz CT molecular complexity index is 284. The van der Waals surface area contributed by atoms with Gasteiger partial charge < -0.3 is 4.90 Å². The van der Waals surface area contributed by atoms with Crippen LogP contribution >= 0.6 is 0 Å². The van der Waals surface area contributed by atoms with Gasteiger partial charge in [0.15, 0.2) is 0 Å². The van der Waals surface area contributed by atoms with Crippen molar-refractivity contribution in [1.82, 2.24) is 10.2 Å². The van der Waals surface area contributed by atoms with Crippen LogP contribution in [0.5, 0.6) is 0 Å². The van der Waals surface area contributed by atoms with Crippen molar-refractivity contribution in [1.29, 1.82) is 0 Å². The average molecular weight is 252 g/mol. The second-order valence-corrected chi connectivity index (χ2v) is 6.47. The zero-order chi connectivity index (χ0) is 13.1. The Kier molecular flexibility index (Phi) is 4.66. The molecule has 2 aliphatic rings. The zero-order valence-corrected chi connectivity index (χ0v) is 12.1. The van der Waals surface area contributed by atoms with Crippen LogP contribution in [-0.4, -0.2) is 29.6 Å². The Morgan fingerprint density at radius 2 is 1.89 bits per heavy atom. The Balaban J connectivity index is 2.00. The van der Waals surface area contributed by atoms with Gasteiger partial charge in [-0.2, -0.15) is 0 Å². The van der Waals surface area contributed by atoms with Crippen LogP contribution in [0.15, 0.2) is 0 Å². The molecule has 0 radical (unpaired) electrons. The molecule has 0 aromatic rings. The Morgan fingerprint density at radius 1 is 1.22 bits per heavy atom. The number of carbonyl (C=O) groups excluding carboxylic acids is 1. The van der Waals surface area contributed by atoms with E-state index in [0.29, 0.717) is 24.4 Å². The predicted molar refractivity (Wildman–Crippen MR) is 74.1 cm³/mol. The largest absolute Gasteiger partial charge is 0.323 e. The molecule has 0 bridgehead atoms. The lowest BCUT2D eigenvalue weighted by atomic mass is 9.83. The highest BCUT2D eigenvalue weighted by Crippen LogP contribution is 2.31. The molecule has 18 heavy (non-hydrogen) atoms. The maximum absolute atomic E-state index is 12.1. The van der Waals surface area contributed by atoms with Gasteiger partial charge in [0.2, 0.25) is 5.91 Å². The molecule has 0 aromatic carbocycles. The minimum Gasteiger partial charge on any atom is -0.323 e. The summed E-state index contributed by atoms with van der Waals surface area (Å²) in [6.45, 7) is 7.25. The highest BCUT2D eigenvalue weighted by Gasteiger charge is 2.37. The van der Waals surface area contributed by atoms with Crippen LogP contribution in [0.25, 0.3) is 0 Å². The van der Waals surface area contributed by atoms with Crippen molar-refractivity contribution in [2.45, 2.75) is 71.5 Å². The highest BCUT2D eigenvalue weighted by atomic mass is 16.2. The SMILES string of the molecule is CC(C)CC1NCC(=O)N1C(C)C1CCCCC1. The second-order valence-electron chi connectivity index (χ2n) is 6.47. The van der Waals surface area contributed by atoms with Crippen molar-refractivity contribution in [2.75, 3.05) is 6.54 Å². The van der Waals surface area contributed by atoms with Gasteiger partial charge in [-0.15, -0.1) is 0 Å². The van der Waals surface area contributed by atoms with Crippen LogP contribution in [0, 0.1) is 11.8 Å². The normalized spacial score (nSPS) is 28.1. The third-order valence-electron chi connectivity index (χ3n) is 4.58. The molecule has 3 nitrogen and oxygen atoms in total. The number of carbonyl (C=O) groups is 1. The molecular weight excluding hydrogens is 224 g/mol. The summed E-state index contributed by atoms with van der Waals surface area (Å²) in [5, 5.41) is 3.38. The average Bonchev–Trinajstić information content (AvgIpc) is 2.70. The molecule has 3 heteroatoms. The molecule has 1 saturated carbocycles. The number of nitrogens with one attached hydrogen (secondary N) is 1. The van der Waals surface area contributed by atoms with Crippen LogP contribution in [0.3, 0.4) is 0 Å². The summed E-state index contributed by atoms with van der Waals surface area (Å²) in [5.41, 5.74) is 0. The molecule has 1 amide bonds. The van der Waals surface area contributed by atoms with Crippen LogP contribution in [0.1, 0.15) is 59.3 Å². The molecule has 0 spiro atoms. The van der Waals surface area contributed by atoms with E-state index in [0.717, 1.165) is 12.3 Å². The number of hydrogen-bond donors (Lipinski definition) is 1. The Morgan fingerprint density at radius 3 is 2.50 bits per heavy atom. The Hall–Kier alpha value is -0.570. The van der Waals surface area contributed by atoms with Gasteiger partial charge in [-0.1, -0.05) is 33.1 Å². The van der Waals surface area contributed by atoms with Gasteiger partial charge in [0, 0.05) is 6.04 Å². The van der Waals surface area contributed by atoms with E-state index in [-0.39, 0.29) is 6.17 Å². The molecule has 0 aromatic heterocycles. The topological polar surface area (TPSA) is 32.3 Å².